The Morgan fingerprint density at radius 3 is 2.26 bits per heavy atom. The van der Waals surface area contributed by atoms with Crippen LogP contribution in [-0.2, 0) is 11.3 Å². The van der Waals surface area contributed by atoms with Crippen molar-refractivity contribution in [1.82, 2.24) is 25.3 Å². The first-order valence-electron chi connectivity index (χ1n) is 9.75. The van der Waals surface area contributed by atoms with Gasteiger partial charge in [-0.3, -0.25) is 9.69 Å². The summed E-state index contributed by atoms with van der Waals surface area (Å²) in [5.74, 6) is 0.0155. The lowest BCUT2D eigenvalue weighted by Gasteiger charge is -2.34. The summed E-state index contributed by atoms with van der Waals surface area (Å²) in [5.41, 5.74) is 1.37. The highest BCUT2D eigenvalue weighted by molar-refractivity contribution is 5.77. The van der Waals surface area contributed by atoms with Crippen molar-refractivity contribution in [1.29, 1.82) is 0 Å². The quantitative estimate of drug-likeness (QED) is 0.631. The molecule has 0 saturated carbocycles. The molecule has 1 aromatic carbocycles. The van der Waals surface area contributed by atoms with Crippen LogP contribution >= 0.6 is 0 Å². The van der Waals surface area contributed by atoms with Gasteiger partial charge in [0, 0.05) is 66.3 Å². The molecule has 1 saturated heterocycles. The van der Waals surface area contributed by atoms with Crippen LogP contribution in [0.3, 0.4) is 0 Å². The minimum Gasteiger partial charge on any atom is -0.349 e. The van der Waals surface area contributed by atoms with Gasteiger partial charge >= 0.3 is 6.03 Å². The fourth-order valence-electron chi connectivity index (χ4n) is 3.09. The highest BCUT2D eigenvalue weighted by atomic mass is 16.2. The summed E-state index contributed by atoms with van der Waals surface area (Å²) in [6.45, 7) is 7.36. The van der Waals surface area contributed by atoms with Crippen molar-refractivity contribution in [3.8, 4) is 0 Å². The average Bonchev–Trinajstić information content (AvgIpc) is 2.67. The van der Waals surface area contributed by atoms with E-state index in [2.05, 4.69) is 50.8 Å². The monoisotopic (exact) mass is 375 g/mol. The molecule has 2 N–H and O–H groups in total. The van der Waals surface area contributed by atoms with Crippen LogP contribution in [0.15, 0.2) is 30.3 Å². The van der Waals surface area contributed by atoms with Crippen LogP contribution < -0.4 is 10.6 Å². The molecule has 0 aliphatic carbocycles. The lowest BCUT2D eigenvalue weighted by Crippen LogP contribution is -2.46. The Hall–Kier alpha value is -2.12. The highest BCUT2D eigenvalue weighted by Gasteiger charge is 2.16. The van der Waals surface area contributed by atoms with Gasteiger partial charge in [0.25, 0.3) is 0 Å². The summed E-state index contributed by atoms with van der Waals surface area (Å²) in [5, 5.41) is 5.57. The number of carbonyl (C=O) groups excluding carboxylic acids is 2. The molecule has 2 rings (SSSR count). The van der Waals surface area contributed by atoms with E-state index in [-0.39, 0.29) is 11.9 Å². The lowest BCUT2D eigenvalue weighted by atomic mass is 10.2. The summed E-state index contributed by atoms with van der Waals surface area (Å²) in [6, 6.07) is 10.4. The first-order chi connectivity index (χ1) is 13.0. The lowest BCUT2D eigenvalue weighted by molar-refractivity contribution is -0.128. The Bertz CT molecular complexity index is 571. The topological polar surface area (TPSA) is 67.9 Å². The average molecular weight is 376 g/mol. The summed E-state index contributed by atoms with van der Waals surface area (Å²) in [4.78, 5) is 29.6. The van der Waals surface area contributed by atoms with Crippen molar-refractivity contribution >= 4 is 11.9 Å². The number of amides is 3. The molecule has 7 heteroatoms. The molecule has 0 aromatic heterocycles. The van der Waals surface area contributed by atoms with E-state index in [0.717, 1.165) is 45.7 Å². The molecule has 150 valence electrons. The first-order valence-corrected chi connectivity index (χ1v) is 9.75. The van der Waals surface area contributed by atoms with Gasteiger partial charge in [-0.15, -0.1) is 0 Å². The first kappa shape index (κ1) is 21.2. The van der Waals surface area contributed by atoms with Crippen LogP contribution in [0.2, 0.25) is 0 Å². The number of nitrogens with zero attached hydrogens (tertiary/aromatic N) is 3. The maximum Gasteiger partial charge on any atom is 0.314 e. The van der Waals surface area contributed by atoms with Crippen molar-refractivity contribution in [3.05, 3.63) is 35.9 Å². The van der Waals surface area contributed by atoms with E-state index in [9.17, 15) is 9.59 Å². The number of piperazine rings is 1. The molecule has 0 bridgehead atoms. The second-order valence-corrected chi connectivity index (χ2v) is 7.18. The number of benzene rings is 1. The molecule has 0 spiro atoms. The summed E-state index contributed by atoms with van der Waals surface area (Å²) in [7, 11) is 3.42. The van der Waals surface area contributed by atoms with E-state index in [1.807, 2.05) is 0 Å². The van der Waals surface area contributed by atoms with E-state index in [1.54, 1.807) is 14.1 Å². The van der Waals surface area contributed by atoms with E-state index in [0.29, 0.717) is 19.5 Å². The van der Waals surface area contributed by atoms with Crippen molar-refractivity contribution in [2.24, 2.45) is 0 Å². The normalized spacial score (nSPS) is 15.3. The van der Waals surface area contributed by atoms with Crippen LogP contribution in [-0.4, -0.2) is 86.5 Å². The van der Waals surface area contributed by atoms with Crippen LogP contribution in [0, 0.1) is 0 Å². The number of hydrogen-bond acceptors (Lipinski definition) is 4. The Morgan fingerprint density at radius 1 is 0.963 bits per heavy atom. The largest absolute Gasteiger partial charge is 0.349 e. The molecule has 1 aliphatic rings. The number of hydrogen-bond donors (Lipinski definition) is 2. The van der Waals surface area contributed by atoms with Gasteiger partial charge in [-0.25, -0.2) is 4.79 Å². The molecule has 1 aromatic rings. The van der Waals surface area contributed by atoms with E-state index in [4.69, 9.17) is 0 Å². The highest BCUT2D eigenvalue weighted by Crippen LogP contribution is 2.08. The van der Waals surface area contributed by atoms with E-state index < -0.39 is 0 Å². The van der Waals surface area contributed by atoms with Gasteiger partial charge in [-0.2, -0.15) is 0 Å². The van der Waals surface area contributed by atoms with Gasteiger partial charge in [0.1, 0.15) is 0 Å². The second kappa shape index (κ2) is 11.6. The number of rotatable bonds is 9. The minimum absolute atomic E-state index is 0.0155. The van der Waals surface area contributed by atoms with Gasteiger partial charge in [0.15, 0.2) is 0 Å². The standard InChI is InChI=1S/C20H33N5O2/c1-23(2)19(26)9-11-22-20(27)21-10-6-12-24-13-15-25(16-14-24)17-18-7-4-3-5-8-18/h3-5,7-8H,6,9-17H2,1-2H3,(H2,21,22,27). The number of nitrogens with one attached hydrogen (secondary N) is 2. The third-order valence-corrected chi connectivity index (χ3v) is 4.77. The molecule has 0 unspecified atom stereocenters. The van der Waals surface area contributed by atoms with Crippen LogP contribution in [0.1, 0.15) is 18.4 Å². The molecule has 1 aliphatic heterocycles. The Labute approximate surface area is 162 Å². The maximum atomic E-state index is 11.7. The summed E-state index contributed by atoms with van der Waals surface area (Å²) in [6.07, 6.45) is 1.26. The third-order valence-electron chi connectivity index (χ3n) is 4.77. The predicted molar refractivity (Wildman–Crippen MR) is 107 cm³/mol. The van der Waals surface area contributed by atoms with Gasteiger partial charge in [-0.05, 0) is 18.5 Å². The fourth-order valence-corrected chi connectivity index (χ4v) is 3.09. The van der Waals surface area contributed by atoms with E-state index >= 15 is 0 Å². The maximum absolute atomic E-state index is 11.7. The SMILES string of the molecule is CN(C)C(=O)CCNC(=O)NCCCN1CCN(Cc2ccccc2)CC1. The van der Waals surface area contributed by atoms with E-state index in [1.165, 1.54) is 10.5 Å². The third kappa shape index (κ3) is 8.41. The Balaban J connectivity index is 1.49. The van der Waals surface area contributed by atoms with Gasteiger partial charge in [-0.1, -0.05) is 30.3 Å². The molecular weight excluding hydrogens is 342 g/mol. The molecule has 0 radical (unpaired) electrons. The number of urea groups is 1. The molecule has 1 heterocycles. The van der Waals surface area contributed by atoms with Crippen molar-refractivity contribution in [3.63, 3.8) is 0 Å². The van der Waals surface area contributed by atoms with Crippen molar-refractivity contribution in [2.75, 3.05) is 59.9 Å². The smallest absolute Gasteiger partial charge is 0.314 e. The molecule has 0 atom stereocenters. The zero-order valence-electron chi connectivity index (χ0n) is 16.6. The molecule has 3 amide bonds. The molecular formula is C20H33N5O2. The van der Waals surface area contributed by atoms with Crippen LogP contribution in [0.25, 0.3) is 0 Å². The van der Waals surface area contributed by atoms with Crippen molar-refractivity contribution in [2.45, 2.75) is 19.4 Å². The summed E-state index contributed by atoms with van der Waals surface area (Å²) < 4.78 is 0. The van der Waals surface area contributed by atoms with Gasteiger partial charge in [0.05, 0.1) is 0 Å². The molecule has 27 heavy (non-hydrogen) atoms. The fraction of sp³-hybridized carbons (Fsp3) is 0.600. The molecule has 7 nitrogen and oxygen atoms in total. The van der Waals surface area contributed by atoms with Crippen LogP contribution in [0.5, 0.6) is 0 Å². The Morgan fingerprint density at radius 2 is 1.59 bits per heavy atom. The number of carbonyl (C=O) groups is 2. The molecule has 1 fully saturated rings. The summed E-state index contributed by atoms with van der Waals surface area (Å²) >= 11 is 0. The van der Waals surface area contributed by atoms with Gasteiger partial charge in [0.2, 0.25) is 5.91 Å². The minimum atomic E-state index is -0.200. The zero-order valence-corrected chi connectivity index (χ0v) is 16.6. The van der Waals surface area contributed by atoms with Crippen LogP contribution in [0.4, 0.5) is 4.79 Å². The second-order valence-electron chi connectivity index (χ2n) is 7.18. The van der Waals surface area contributed by atoms with Crippen molar-refractivity contribution < 1.29 is 9.59 Å². The predicted octanol–water partition coefficient (Wildman–Crippen LogP) is 0.972. The zero-order chi connectivity index (χ0) is 19.5. The Kier molecular flexibility index (Phi) is 9.07. The van der Waals surface area contributed by atoms with Gasteiger partial charge < -0.3 is 20.4 Å².